The van der Waals surface area contributed by atoms with Crippen LogP contribution in [0.4, 0.5) is 0 Å². The van der Waals surface area contributed by atoms with Crippen molar-refractivity contribution in [3.05, 3.63) is 28.8 Å². The quantitative estimate of drug-likeness (QED) is 0.914. The molecule has 2 unspecified atom stereocenters. The second-order valence-corrected chi connectivity index (χ2v) is 5.24. The standard InChI is InChI=1S/C14H20ClNO2/c1-17-14-5-4-12(15)7-11(14)8-13(16)10-3-2-6-18-9-10/h4-5,7,10,13H,2-3,6,8-9,16H2,1H3. The molecule has 1 aliphatic rings. The summed E-state index contributed by atoms with van der Waals surface area (Å²) in [5.74, 6) is 1.29. The normalized spacial score (nSPS) is 21.6. The van der Waals surface area contributed by atoms with E-state index in [1.54, 1.807) is 7.11 Å². The highest BCUT2D eigenvalue weighted by Gasteiger charge is 2.22. The summed E-state index contributed by atoms with van der Waals surface area (Å²) in [5, 5.41) is 0.720. The van der Waals surface area contributed by atoms with E-state index in [-0.39, 0.29) is 6.04 Å². The number of hydrogen-bond acceptors (Lipinski definition) is 3. The Morgan fingerprint density at radius 2 is 2.39 bits per heavy atom. The molecule has 2 N–H and O–H groups in total. The number of methoxy groups -OCH3 is 1. The number of benzene rings is 1. The molecule has 0 radical (unpaired) electrons. The fourth-order valence-electron chi connectivity index (χ4n) is 2.43. The molecule has 18 heavy (non-hydrogen) atoms. The van der Waals surface area contributed by atoms with Crippen molar-refractivity contribution in [1.82, 2.24) is 0 Å². The smallest absolute Gasteiger partial charge is 0.122 e. The predicted molar refractivity (Wildman–Crippen MR) is 73.2 cm³/mol. The van der Waals surface area contributed by atoms with Crippen LogP contribution in [0, 0.1) is 5.92 Å². The first-order valence-electron chi connectivity index (χ1n) is 6.36. The van der Waals surface area contributed by atoms with E-state index in [2.05, 4.69) is 0 Å². The van der Waals surface area contributed by atoms with Gasteiger partial charge in [-0.05, 0) is 48.9 Å². The predicted octanol–water partition coefficient (Wildman–Crippen LogP) is 2.65. The highest BCUT2D eigenvalue weighted by Crippen LogP contribution is 2.26. The van der Waals surface area contributed by atoms with Gasteiger partial charge in [-0.2, -0.15) is 0 Å². The van der Waals surface area contributed by atoms with E-state index in [4.69, 9.17) is 26.8 Å². The van der Waals surface area contributed by atoms with Crippen molar-refractivity contribution in [3.63, 3.8) is 0 Å². The van der Waals surface area contributed by atoms with Crippen molar-refractivity contribution in [2.24, 2.45) is 11.7 Å². The van der Waals surface area contributed by atoms with Crippen molar-refractivity contribution in [2.45, 2.75) is 25.3 Å². The zero-order valence-electron chi connectivity index (χ0n) is 10.7. The third-order valence-corrected chi connectivity index (χ3v) is 3.73. The van der Waals surface area contributed by atoms with Gasteiger partial charge in [0, 0.05) is 17.7 Å². The van der Waals surface area contributed by atoms with Gasteiger partial charge in [-0.1, -0.05) is 11.6 Å². The van der Waals surface area contributed by atoms with Crippen LogP contribution >= 0.6 is 11.6 Å². The van der Waals surface area contributed by atoms with Crippen molar-refractivity contribution in [1.29, 1.82) is 0 Å². The minimum Gasteiger partial charge on any atom is -0.496 e. The van der Waals surface area contributed by atoms with Crippen LogP contribution in [0.5, 0.6) is 5.75 Å². The minimum absolute atomic E-state index is 0.0951. The van der Waals surface area contributed by atoms with Gasteiger partial charge in [0.1, 0.15) is 5.75 Å². The Morgan fingerprint density at radius 3 is 3.06 bits per heavy atom. The van der Waals surface area contributed by atoms with Crippen LogP contribution in [-0.2, 0) is 11.2 Å². The number of rotatable bonds is 4. The third-order valence-electron chi connectivity index (χ3n) is 3.50. The summed E-state index contributed by atoms with van der Waals surface area (Å²) in [5.41, 5.74) is 7.35. The zero-order valence-corrected chi connectivity index (χ0v) is 11.5. The fourth-order valence-corrected chi connectivity index (χ4v) is 2.63. The summed E-state index contributed by atoms with van der Waals surface area (Å²) in [6.07, 6.45) is 3.02. The molecule has 0 spiro atoms. The van der Waals surface area contributed by atoms with E-state index in [1.807, 2.05) is 18.2 Å². The topological polar surface area (TPSA) is 44.5 Å². The molecule has 2 atom stereocenters. The van der Waals surface area contributed by atoms with Crippen LogP contribution in [0.1, 0.15) is 18.4 Å². The molecular weight excluding hydrogens is 250 g/mol. The molecule has 1 saturated heterocycles. The summed E-state index contributed by atoms with van der Waals surface area (Å²) in [7, 11) is 1.67. The highest BCUT2D eigenvalue weighted by atomic mass is 35.5. The Bertz CT molecular complexity index is 391. The van der Waals surface area contributed by atoms with E-state index in [0.717, 1.165) is 48.8 Å². The Morgan fingerprint density at radius 1 is 1.56 bits per heavy atom. The maximum atomic E-state index is 6.28. The zero-order chi connectivity index (χ0) is 13.0. The average Bonchev–Trinajstić information content (AvgIpc) is 2.40. The lowest BCUT2D eigenvalue weighted by Gasteiger charge is -2.28. The van der Waals surface area contributed by atoms with Gasteiger partial charge in [0.15, 0.2) is 0 Å². The van der Waals surface area contributed by atoms with Gasteiger partial charge in [0.05, 0.1) is 13.7 Å². The first kappa shape index (κ1) is 13.7. The van der Waals surface area contributed by atoms with Crippen LogP contribution in [-0.4, -0.2) is 26.4 Å². The van der Waals surface area contributed by atoms with Gasteiger partial charge < -0.3 is 15.2 Å². The number of ether oxygens (including phenoxy) is 2. The monoisotopic (exact) mass is 269 g/mol. The summed E-state index contributed by atoms with van der Waals surface area (Å²) in [4.78, 5) is 0. The second-order valence-electron chi connectivity index (χ2n) is 4.80. The molecule has 1 heterocycles. The molecule has 0 amide bonds. The van der Waals surface area contributed by atoms with Gasteiger partial charge in [-0.15, -0.1) is 0 Å². The number of nitrogens with two attached hydrogens (primary N) is 1. The molecule has 100 valence electrons. The van der Waals surface area contributed by atoms with Crippen LogP contribution in [0.25, 0.3) is 0 Å². The Balaban J connectivity index is 2.05. The van der Waals surface area contributed by atoms with Crippen LogP contribution in [0.15, 0.2) is 18.2 Å². The molecule has 3 nitrogen and oxygen atoms in total. The fraction of sp³-hybridized carbons (Fsp3) is 0.571. The van der Waals surface area contributed by atoms with Gasteiger partial charge in [0.2, 0.25) is 0 Å². The molecule has 0 bridgehead atoms. The molecule has 0 saturated carbocycles. The van der Waals surface area contributed by atoms with E-state index in [9.17, 15) is 0 Å². The summed E-state index contributed by atoms with van der Waals surface area (Å²) in [6, 6.07) is 5.75. The molecule has 0 aliphatic carbocycles. The largest absolute Gasteiger partial charge is 0.496 e. The molecular formula is C14H20ClNO2. The molecule has 1 aromatic carbocycles. The SMILES string of the molecule is COc1ccc(Cl)cc1CC(N)C1CCCOC1. The maximum absolute atomic E-state index is 6.28. The van der Waals surface area contributed by atoms with E-state index in [0.29, 0.717) is 5.92 Å². The van der Waals surface area contributed by atoms with Crippen molar-refractivity contribution in [2.75, 3.05) is 20.3 Å². The third kappa shape index (κ3) is 3.37. The lowest BCUT2D eigenvalue weighted by atomic mass is 9.90. The van der Waals surface area contributed by atoms with E-state index >= 15 is 0 Å². The Kier molecular flexibility index (Phi) is 4.87. The minimum atomic E-state index is 0.0951. The Hall–Kier alpha value is -0.770. The van der Waals surface area contributed by atoms with Crippen LogP contribution in [0.3, 0.4) is 0 Å². The molecule has 4 heteroatoms. The van der Waals surface area contributed by atoms with Gasteiger partial charge in [-0.3, -0.25) is 0 Å². The Labute approximate surface area is 113 Å². The summed E-state index contributed by atoms with van der Waals surface area (Å²) < 4.78 is 10.8. The van der Waals surface area contributed by atoms with Crippen molar-refractivity contribution in [3.8, 4) is 5.75 Å². The molecule has 1 aromatic rings. The first-order chi connectivity index (χ1) is 8.70. The van der Waals surface area contributed by atoms with Gasteiger partial charge >= 0.3 is 0 Å². The van der Waals surface area contributed by atoms with Crippen LogP contribution in [0.2, 0.25) is 5.02 Å². The van der Waals surface area contributed by atoms with E-state index < -0.39 is 0 Å². The molecule has 2 rings (SSSR count). The lowest BCUT2D eigenvalue weighted by Crippen LogP contribution is -2.37. The number of halogens is 1. The maximum Gasteiger partial charge on any atom is 0.122 e. The van der Waals surface area contributed by atoms with Crippen molar-refractivity contribution < 1.29 is 9.47 Å². The highest BCUT2D eigenvalue weighted by molar-refractivity contribution is 6.30. The van der Waals surface area contributed by atoms with Gasteiger partial charge in [-0.25, -0.2) is 0 Å². The molecule has 0 aromatic heterocycles. The summed E-state index contributed by atoms with van der Waals surface area (Å²) >= 11 is 6.02. The second kappa shape index (κ2) is 6.41. The van der Waals surface area contributed by atoms with Crippen LogP contribution < -0.4 is 10.5 Å². The average molecular weight is 270 g/mol. The van der Waals surface area contributed by atoms with Gasteiger partial charge in [0.25, 0.3) is 0 Å². The molecule has 1 aliphatic heterocycles. The molecule has 1 fully saturated rings. The number of hydrogen-bond donors (Lipinski definition) is 1. The summed E-state index contributed by atoms with van der Waals surface area (Å²) in [6.45, 7) is 1.63. The van der Waals surface area contributed by atoms with E-state index in [1.165, 1.54) is 0 Å². The van der Waals surface area contributed by atoms with Crippen molar-refractivity contribution >= 4 is 11.6 Å². The first-order valence-corrected chi connectivity index (χ1v) is 6.74. The lowest BCUT2D eigenvalue weighted by molar-refractivity contribution is 0.0449.